The van der Waals surface area contributed by atoms with E-state index in [2.05, 4.69) is 30.5 Å². The molecule has 3 aromatic heterocycles. The zero-order valence-electron chi connectivity index (χ0n) is 21.3. The maximum absolute atomic E-state index is 14.8. The number of nitriles is 1. The second-order valence-electron chi connectivity index (χ2n) is 9.84. The van der Waals surface area contributed by atoms with Crippen molar-refractivity contribution in [1.82, 2.24) is 29.4 Å². The highest BCUT2D eigenvalue weighted by atomic mass is 35.5. The summed E-state index contributed by atoms with van der Waals surface area (Å²) in [6, 6.07) is 11.3. The van der Waals surface area contributed by atoms with Crippen molar-refractivity contribution in [3.63, 3.8) is 0 Å². The number of halogens is 2. The quantitative estimate of drug-likeness (QED) is 0.314. The number of aromatic nitrogens is 5. The number of rotatable bonds is 8. The summed E-state index contributed by atoms with van der Waals surface area (Å²) < 4.78 is 28.7. The summed E-state index contributed by atoms with van der Waals surface area (Å²) in [7, 11) is 0. The summed E-state index contributed by atoms with van der Waals surface area (Å²) in [6.45, 7) is 2.64. The smallest absolute Gasteiger partial charge is 0.255 e. The van der Waals surface area contributed by atoms with Gasteiger partial charge in [-0.3, -0.25) is 4.90 Å². The second-order valence-corrected chi connectivity index (χ2v) is 10.3. The minimum atomic E-state index is -0.606. The van der Waals surface area contributed by atoms with Gasteiger partial charge in [-0.05, 0) is 43.4 Å². The number of hydrogen-bond donors (Lipinski definition) is 0. The van der Waals surface area contributed by atoms with Crippen LogP contribution in [0.1, 0.15) is 48.5 Å². The van der Waals surface area contributed by atoms with Crippen molar-refractivity contribution in [3.05, 3.63) is 76.3 Å². The van der Waals surface area contributed by atoms with Gasteiger partial charge < -0.3 is 14.0 Å². The lowest BCUT2D eigenvalue weighted by Crippen LogP contribution is -2.43. The maximum Gasteiger partial charge on any atom is 0.255 e. The van der Waals surface area contributed by atoms with E-state index in [0.29, 0.717) is 41.4 Å². The fourth-order valence-corrected chi connectivity index (χ4v) is 5.22. The highest BCUT2D eigenvalue weighted by Gasteiger charge is 2.29. The first-order valence-corrected chi connectivity index (χ1v) is 13.5. The van der Waals surface area contributed by atoms with Crippen LogP contribution in [0.4, 0.5) is 4.39 Å². The Hall–Kier alpha value is -3.65. The third-order valence-electron chi connectivity index (χ3n) is 7.19. The molecule has 0 N–H and O–H groups in total. The van der Waals surface area contributed by atoms with E-state index >= 15 is 0 Å². The van der Waals surface area contributed by atoms with Crippen molar-refractivity contribution in [2.75, 3.05) is 13.2 Å². The molecule has 11 heteroatoms. The van der Waals surface area contributed by atoms with E-state index in [-0.39, 0.29) is 18.2 Å². The molecular weight excluding hydrogens is 521 g/mol. The van der Waals surface area contributed by atoms with Gasteiger partial charge in [-0.1, -0.05) is 29.8 Å². The number of pyridine rings is 1. The van der Waals surface area contributed by atoms with Crippen LogP contribution in [0.25, 0.3) is 11.2 Å². The van der Waals surface area contributed by atoms with Crippen LogP contribution in [0.3, 0.4) is 0 Å². The summed E-state index contributed by atoms with van der Waals surface area (Å²) in [6.07, 6.45) is 6.48. The number of fused-ring (bicyclic) bond motifs is 1. The number of hydrogen-bond acceptors (Lipinski definition) is 8. The first kappa shape index (κ1) is 25.6. The average Bonchev–Trinajstić information content (AvgIpc) is 3.26. The van der Waals surface area contributed by atoms with Crippen molar-refractivity contribution in [2.45, 2.75) is 57.5 Å². The number of ether oxygens (including phenoxy) is 2. The summed E-state index contributed by atoms with van der Waals surface area (Å²) in [5.41, 5.74) is 2.71. The van der Waals surface area contributed by atoms with E-state index in [4.69, 9.17) is 26.1 Å². The molecule has 9 nitrogen and oxygen atoms in total. The van der Waals surface area contributed by atoms with Gasteiger partial charge in [-0.15, -0.1) is 0 Å². The zero-order chi connectivity index (χ0) is 26.8. The van der Waals surface area contributed by atoms with Crippen molar-refractivity contribution in [2.24, 2.45) is 0 Å². The molecule has 0 radical (unpaired) electrons. The molecule has 0 amide bonds. The molecule has 5 heterocycles. The molecular formula is C28H27ClFN7O2. The molecule has 0 saturated carbocycles. The van der Waals surface area contributed by atoms with Crippen LogP contribution in [0.5, 0.6) is 5.88 Å². The molecule has 1 aromatic carbocycles. The van der Waals surface area contributed by atoms with Gasteiger partial charge in [0.05, 0.1) is 31.0 Å². The van der Waals surface area contributed by atoms with Crippen molar-refractivity contribution < 1.29 is 13.9 Å². The Labute approximate surface area is 230 Å². The summed E-state index contributed by atoms with van der Waals surface area (Å²) in [5.74, 6) is 0.566. The molecule has 0 bridgehead atoms. The SMILES string of the molecule is N#Cc1cnc2c(c1)nc(CN1CCCCC1Oc1nc(Cc3ccccc3Cl)ncc1F)n2CC1CCO1. The van der Waals surface area contributed by atoms with E-state index in [9.17, 15) is 9.65 Å². The molecule has 2 saturated heterocycles. The molecule has 0 spiro atoms. The Balaban J connectivity index is 1.25. The monoisotopic (exact) mass is 547 g/mol. The first-order chi connectivity index (χ1) is 19.1. The topological polar surface area (TPSA) is 102 Å². The van der Waals surface area contributed by atoms with E-state index in [1.165, 1.54) is 0 Å². The van der Waals surface area contributed by atoms with Crippen molar-refractivity contribution >= 4 is 22.8 Å². The van der Waals surface area contributed by atoms with Crippen LogP contribution in [0, 0.1) is 17.1 Å². The summed E-state index contributed by atoms with van der Waals surface area (Å²) >= 11 is 6.30. The maximum atomic E-state index is 14.8. The van der Waals surface area contributed by atoms with Crippen LogP contribution in [0.2, 0.25) is 5.02 Å². The number of benzene rings is 1. The third kappa shape index (κ3) is 5.57. The van der Waals surface area contributed by atoms with Gasteiger partial charge in [0.2, 0.25) is 5.82 Å². The highest BCUT2D eigenvalue weighted by molar-refractivity contribution is 6.31. The van der Waals surface area contributed by atoms with Crippen LogP contribution < -0.4 is 4.74 Å². The Morgan fingerprint density at radius 1 is 1.15 bits per heavy atom. The average molecular weight is 548 g/mol. The lowest BCUT2D eigenvalue weighted by molar-refractivity contribution is -0.0600. The number of piperidine rings is 1. The lowest BCUT2D eigenvalue weighted by Gasteiger charge is -2.35. The second kappa shape index (κ2) is 11.2. The van der Waals surface area contributed by atoms with E-state index < -0.39 is 5.82 Å². The van der Waals surface area contributed by atoms with Gasteiger partial charge in [-0.25, -0.2) is 15.0 Å². The molecule has 4 aromatic rings. The summed E-state index contributed by atoms with van der Waals surface area (Å²) in [5, 5.41) is 9.93. The Morgan fingerprint density at radius 2 is 2.03 bits per heavy atom. The highest BCUT2D eigenvalue weighted by Crippen LogP contribution is 2.27. The van der Waals surface area contributed by atoms with Gasteiger partial charge >= 0.3 is 0 Å². The third-order valence-corrected chi connectivity index (χ3v) is 7.56. The zero-order valence-corrected chi connectivity index (χ0v) is 22.0. The van der Waals surface area contributed by atoms with E-state index in [0.717, 1.165) is 62.1 Å². The number of nitrogens with zero attached hydrogens (tertiary/aromatic N) is 7. The van der Waals surface area contributed by atoms with Gasteiger partial charge in [0, 0.05) is 30.8 Å². The number of imidazole rings is 1. The molecule has 2 unspecified atom stereocenters. The van der Waals surface area contributed by atoms with Crippen LogP contribution in [-0.2, 0) is 24.2 Å². The molecule has 2 aliphatic heterocycles. The van der Waals surface area contributed by atoms with Gasteiger partial charge in [-0.2, -0.15) is 14.6 Å². The van der Waals surface area contributed by atoms with Crippen LogP contribution >= 0.6 is 11.6 Å². The van der Waals surface area contributed by atoms with Crippen LogP contribution in [0.15, 0.2) is 42.7 Å². The van der Waals surface area contributed by atoms with E-state index in [1.807, 2.05) is 18.2 Å². The minimum absolute atomic E-state index is 0.0688. The van der Waals surface area contributed by atoms with Gasteiger partial charge in [0.25, 0.3) is 5.88 Å². The van der Waals surface area contributed by atoms with Gasteiger partial charge in [0.15, 0.2) is 11.9 Å². The largest absolute Gasteiger partial charge is 0.456 e. The lowest BCUT2D eigenvalue weighted by atomic mass is 10.1. The summed E-state index contributed by atoms with van der Waals surface area (Å²) in [4.78, 5) is 20.1. The first-order valence-electron chi connectivity index (χ1n) is 13.1. The Morgan fingerprint density at radius 3 is 2.82 bits per heavy atom. The fourth-order valence-electron chi connectivity index (χ4n) is 5.01. The molecule has 0 aliphatic carbocycles. The Kier molecular flexibility index (Phi) is 7.37. The molecule has 200 valence electrons. The van der Waals surface area contributed by atoms with Gasteiger partial charge in [0.1, 0.15) is 23.2 Å². The molecule has 2 atom stereocenters. The minimum Gasteiger partial charge on any atom is -0.456 e. The fraction of sp³-hybridized carbons (Fsp3) is 0.393. The standard InChI is InChI=1S/C28H27ClFN7O2/c29-21-6-2-1-5-19(21)12-24-32-15-22(30)28(35-24)39-26-7-3-4-9-36(26)17-25-34-23-11-18(13-31)14-33-27(23)37(25)16-20-8-10-38-20/h1-2,5-6,11,14-15,20,26H,3-4,7-10,12,16-17H2. The van der Waals surface area contributed by atoms with Crippen molar-refractivity contribution in [3.8, 4) is 11.9 Å². The molecule has 6 rings (SSSR count). The Bertz CT molecular complexity index is 1530. The van der Waals surface area contributed by atoms with Crippen LogP contribution in [-0.4, -0.2) is 54.9 Å². The normalized spacial score (nSPS) is 19.5. The van der Waals surface area contributed by atoms with Crippen molar-refractivity contribution in [1.29, 1.82) is 5.26 Å². The molecule has 39 heavy (non-hydrogen) atoms. The number of likely N-dealkylation sites (tertiary alicyclic amines) is 1. The molecule has 2 aliphatic rings. The van der Waals surface area contributed by atoms with E-state index in [1.54, 1.807) is 18.3 Å². The predicted molar refractivity (Wildman–Crippen MR) is 142 cm³/mol. The predicted octanol–water partition coefficient (Wildman–Crippen LogP) is 4.66. The molecule has 2 fully saturated rings.